The third-order valence-electron chi connectivity index (χ3n) is 8.50. The number of carbonyl (C=O) groups is 2. The Morgan fingerprint density at radius 3 is 1.53 bits per heavy atom. The van der Waals surface area contributed by atoms with Gasteiger partial charge in [0.05, 0.1) is 39.5 Å². The third kappa shape index (κ3) is 35.9. The van der Waals surface area contributed by atoms with Crippen LogP contribution in [-0.2, 0) is 28.5 Å². The minimum atomic E-state index is -0.424. The Kier molecular flexibility index (Phi) is 37.7. The predicted molar refractivity (Wildman–Crippen MR) is 203 cm³/mol. The van der Waals surface area contributed by atoms with Crippen LogP contribution in [0.1, 0.15) is 168 Å². The molecule has 0 aromatic rings. The molecule has 0 aromatic heterocycles. The van der Waals surface area contributed by atoms with Crippen LogP contribution in [0, 0.1) is 0 Å². The molecule has 0 bridgehead atoms. The van der Waals surface area contributed by atoms with E-state index in [4.69, 9.17) is 18.9 Å². The third-order valence-corrected chi connectivity index (χ3v) is 8.50. The van der Waals surface area contributed by atoms with Gasteiger partial charge in [0.15, 0.2) is 6.29 Å². The first-order valence-corrected chi connectivity index (χ1v) is 20.2. The zero-order chi connectivity index (χ0) is 35.9. The lowest BCUT2D eigenvalue weighted by Crippen LogP contribution is -2.29. The number of nitrogens with zero attached hydrogens (tertiary/aromatic N) is 1. The fraction of sp³-hybridized carbons (Fsp3) is 0.854. The Bertz CT molecular complexity index is 753. The van der Waals surface area contributed by atoms with E-state index in [0.29, 0.717) is 45.8 Å². The highest BCUT2D eigenvalue weighted by Crippen LogP contribution is 2.11. The minimum Gasteiger partial charge on any atom is -0.466 e. The maximum atomic E-state index is 12.3. The Morgan fingerprint density at radius 2 is 1.02 bits per heavy atom. The number of aliphatic hydroxyl groups is 1. The minimum absolute atomic E-state index is 0.0460. The summed E-state index contributed by atoms with van der Waals surface area (Å²) >= 11 is 0. The van der Waals surface area contributed by atoms with Gasteiger partial charge in [-0.25, -0.2) is 0 Å². The average Bonchev–Trinajstić information content (AvgIpc) is 3.10. The van der Waals surface area contributed by atoms with Crippen LogP contribution < -0.4 is 0 Å². The fourth-order valence-corrected chi connectivity index (χ4v) is 5.46. The van der Waals surface area contributed by atoms with E-state index in [-0.39, 0.29) is 25.0 Å². The van der Waals surface area contributed by atoms with Gasteiger partial charge in [0.2, 0.25) is 0 Å². The van der Waals surface area contributed by atoms with Crippen molar-refractivity contribution in [1.82, 2.24) is 4.90 Å². The molecular formula is C41H77NO7. The first kappa shape index (κ1) is 47.3. The highest BCUT2D eigenvalue weighted by Gasteiger charge is 2.13. The molecule has 0 saturated heterocycles. The van der Waals surface area contributed by atoms with Gasteiger partial charge >= 0.3 is 11.9 Å². The summed E-state index contributed by atoms with van der Waals surface area (Å²) in [5, 5.41) is 9.49. The molecule has 288 valence electrons. The molecule has 8 nitrogen and oxygen atoms in total. The van der Waals surface area contributed by atoms with Crippen LogP contribution in [0.3, 0.4) is 0 Å². The molecule has 0 aliphatic rings. The van der Waals surface area contributed by atoms with Gasteiger partial charge in [-0.2, -0.15) is 0 Å². The SMILES string of the molecule is CCC/C=C/COC(CCC(=O)OCCCCCCN(CCO)CCCCCCCC(=O)OCCCCCCCCC)OC/C=C/CCC. The summed E-state index contributed by atoms with van der Waals surface area (Å²) in [6.07, 6.45) is 31.4. The van der Waals surface area contributed by atoms with Crippen LogP contribution >= 0.6 is 0 Å². The van der Waals surface area contributed by atoms with Gasteiger partial charge in [-0.05, 0) is 58.0 Å². The van der Waals surface area contributed by atoms with Crippen LogP contribution in [0.25, 0.3) is 0 Å². The van der Waals surface area contributed by atoms with Crippen molar-refractivity contribution in [3.8, 4) is 0 Å². The largest absolute Gasteiger partial charge is 0.466 e. The number of ether oxygens (including phenoxy) is 4. The monoisotopic (exact) mass is 696 g/mol. The van der Waals surface area contributed by atoms with Crippen molar-refractivity contribution in [1.29, 1.82) is 0 Å². The standard InChI is InChI=1S/C41H77NO7/c1-4-7-10-13-14-19-26-35-46-39(44)28-21-16-15-17-22-31-42(33-34-43)32-23-18-20-27-36-47-40(45)29-30-41(48-37-24-11-8-5-2)49-38-25-12-9-6-3/h11-12,24-25,41,43H,4-10,13-23,26-38H2,1-3H3/b24-11+,25-12+. The molecule has 0 fully saturated rings. The van der Waals surface area contributed by atoms with Crippen molar-refractivity contribution in [3.05, 3.63) is 24.3 Å². The summed E-state index contributed by atoms with van der Waals surface area (Å²) in [6.45, 7) is 11.4. The van der Waals surface area contributed by atoms with E-state index in [0.717, 1.165) is 109 Å². The smallest absolute Gasteiger partial charge is 0.305 e. The van der Waals surface area contributed by atoms with Gasteiger partial charge in [0.1, 0.15) is 0 Å². The summed E-state index contributed by atoms with van der Waals surface area (Å²) < 4.78 is 22.6. The molecule has 0 radical (unpaired) electrons. The van der Waals surface area contributed by atoms with E-state index in [1.54, 1.807) is 0 Å². The zero-order valence-corrected chi connectivity index (χ0v) is 32.2. The number of allylic oxidation sites excluding steroid dienone is 2. The van der Waals surface area contributed by atoms with E-state index in [9.17, 15) is 14.7 Å². The molecule has 0 aliphatic heterocycles. The van der Waals surface area contributed by atoms with Crippen LogP contribution in [-0.4, -0.2) is 80.9 Å². The van der Waals surface area contributed by atoms with Gasteiger partial charge < -0.3 is 29.0 Å². The second-order valence-electron chi connectivity index (χ2n) is 13.2. The molecule has 49 heavy (non-hydrogen) atoms. The molecule has 0 amide bonds. The molecule has 0 rings (SSSR count). The van der Waals surface area contributed by atoms with Gasteiger partial charge in [0.25, 0.3) is 0 Å². The Morgan fingerprint density at radius 1 is 0.551 bits per heavy atom. The van der Waals surface area contributed by atoms with Crippen LogP contribution in [0.5, 0.6) is 0 Å². The first-order valence-electron chi connectivity index (χ1n) is 20.2. The summed E-state index contributed by atoms with van der Waals surface area (Å²) in [5.74, 6) is -0.247. The zero-order valence-electron chi connectivity index (χ0n) is 32.2. The molecule has 0 spiro atoms. The summed E-state index contributed by atoms with van der Waals surface area (Å²) in [5.41, 5.74) is 0. The Balaban J connectivity index is 3.90. The number of carbonyl (C=O) groups excluding carboxylic acids is 2. The van der Waals surface area contributed by atoms with Crippen LogP contribution in [0.15, 0.2) is 24.3 Å². The topological polar surface area (TPSA) is 94.5 Å². The number of unbranched alkanes of at least 4 members (excludes halogenated alkanes) is 15. The lowest BCUT2D eigenvalue weighted by atomic mass is 10.1. The molecule has 0 atom stereocenters. The van der Waals surface area contributed by atoms with Crippen molar-refractivity contribution in [2.45, 2.75) is 175 Å². The normalized spacial score (nSPS) is 11.9. The number of hydrogen-bond acceptors (Lipinski definition) is 8. The van der Waals surface area contributed by atoms with E-state index >= 15 is 0 Å². The fourth-order valence-electron chi connectivity index (χ4n) is 5.46. The first-order chi connectivity index (χ1) is 24.1. The van der Waals surface area contributed by atoms with E-state index < -0.39 is 6.29 Å². The quantitative estimate of drug-likeness (QED) is 0.0295. The summed E-state index contributed by atoms with van der Waals surface area (Å²) in [7, 11) is 0. The van der Waals surface area contributed by atoms with Crippen LogP contribution in [0.4, 0.5) is 0 Å². The number of rotatable bonds is 38. The molecule has 0 heterocycles. The van der Waals surface area contributed by atoms with Crippen molar-refractivity contribution < 1.29 is 33.6 Å². The Hall–Kier alpha value is -1.74. The van der Waals surface area contributed by atoms with E-state index in [1.165, 1.54) is 32.1 Å². The molecule has 8 heteroatoms. The van der Waals surface area contributed by atoms with Gasteiger partial charge in [-0.1, -0.05) is 129 Å². The van der Waals surface area contributed by atoms with Gasteiger partial charge in [0, 0.05) is 19.4 Å². The summed E-state index contributed by atoms with van der Waals surface area (Å²) in [4.78, 5) is 26.6. The van der Waals surface area contributed by atoms with Crippen molar-refractivity contribution >= 4 is 11.9 Å². The highest BCUT2D eigenvalue weighted by molar-refractivity contribution is 5.69. The van der Waals surface area contributed by atoms with Crippen molar-refractivity contribution in [3.63, 3.8) is 0 Å². The number of hydrogen-bond donors (Lipinski definition) is 1. The van der Waals surface area contributed by atoms with E-state index in [1.807, 2.05) is 12.2 Å². The van der Waals surface area contributed by atoms with Crippen molar-refractivity contribution in [2.24, 2.45) is 0 Å². The second kappa shape index (κ2) is 39.1. The molecule has 0 unspecified atom stereocenters. The average molecular weight is 696 g/mol. The molecular weight excluding hydrogens is 618 g/mol. The maximum Gasteiger partial charge on any atom is 0.305 e. The Labute approximate surface area is 301 Å². The lowest BCUT2D eigenvalue weighted by Gasteiger charge is -2.21. The maximum absolute atomic E-state index is 12.3. The molecule has 1 N–H and O–H groups in total. The van der Waals surface area contributed by atoms with Gasteiger partial charge in [-0.3, -0.25) is 9.59 Å². The summed E-state index contributed by atoms with van der Waals surface area (Å²) in [6, 6.07) is 0. The molecule has 0 saturated carbocycles. The van der Waals surface area contributed by atoms with Gasteiger partial charge in [-0.15, -0.1) is 0 Å². The lowest BCUT2D eigenvalue weighted by molar-refractivity contribution is -0.153. The predicted octanol–water partition coefficient (Wildman–Crippen LogP) is 9.87. The van der Waals surface area contributed by atoms with Crippen molar-refractivity contribution in [2.75, 3.05) is 52.7 Å². The number of esters is 2. The van der Waals surface area contributed by atoms with Crippen LogP contribution in [0.2, 0.25) is 0 Å². The number of aliphatic hydroxyl groups excluding tert-OH is 1. The molecule has 0 aromatic carbocycles. The second-order valence-corrected chi connectivity index (χ2v) is 13.2. The highest BCUT2D eigenvalue weighted by atomic mass is 16.7. The molecule has 0 aliphatic carbocycles. The van der Waals surface area contributed by atoms with E-state index in [2.05, 4.69) is 37.8 Å².